The summed E-state index contributed by atoms with van der Waals surface area (Å²) in [6.45, 7) is 0.388. The molecule has 0 unspecified atom stereocenters. The number of amides is 2. The smallest absolute Gasteiger partial charge is 0.246 e. The Balaban J connectivity index is 1.39. The van der Waals surface area contributed by atoms with Crippen molar-refractivity contribution < 1.29 is 33.3 Å². The summed E-state index contributed by atoms with van der Waals surface area (Å²) in [7, 11) is 7.86. The fourth-order valence-corrected chi connectivity index (χ4v) is 6.42. The van der Waals surface area contributed by atoms with Gasteiger partial charge in [-0.05, 0) is 53.4 Å². The second kappa shape index (κ2) is 11.4. The van der Waals surface area contributed by atoms with Gasteiger partial charge in [0.15, 0.2) is 23.0 Å². The second-order valence-electron chi connectivity index (χ2n) is 10.6. The number of H-pyrrole nitrogens is 1. The molecule has 10 heteroatoms. The molecule has 0 saturated carbocycles. The van der Waals surface area contributed by atoms with Gasteiger partial charge in [0, 0.05) is 29.6 Å². The number of carbonyl (C=O) groups is 2. The lowest BCUT2D eigenvalue weighted by molar-refractivity contribution is -0.158. The van der Waals surface area contributed by atoms with Crippen molar-refractivity contribution in [2.75, 3.05) is 48.6 Å². The number of aromatic amines is 1. The summed E-state index contributed by atoms with van der Waals surface area (Å²) in [6, 6.07) is 16.2. The molecule has 10 nitrogen and oxygen atoms in total. The molecule has 1 fully saturated rings. The summed E-state index contributed by atoms with van der Waals surface area (Å²) >= 11 is 0. The van der Waals surface area contributed by atoms with E-state index in [0.717, 1.165) is 33.3 Å². The lowest BCUT2D eigenvalue weighted by Crippen LogP contribution is -2.63. The number of fused-ring (bicyclic) bond motifs is 4. The molecular formula is C33H35N3O7. The first-order valence-electron chi connectivity index (χ1n) is 14.1. The molecule has 0 spiro atoms. The molecule has 224 valence electrons. The van der Waals surface area contributed by atoms with E-state index in [-0.39, 0.29) is 18.4 Å². The van der Waals surface area contributed by atoms with Crippen LogP contribution in [0.25, 0.3) is 10.9 Å². The summed E-state index contributed by atoms with van der Waals surface area (Å²) in [5, 5.41) is 1.04. The van der Waals surface area contributed by atoms with E-state index < -0.39 is 12.1 Å². The molecule has 1 saturated heterocycles. The fraction of sp³-hybridized carbons (Fsp3) is 0.333. The zero-order valence-corrected chi connectivity index (χ0v) is 24.9. The van der Waals surface area contributed by atoms with Crippen molar-refractivity contribution in [1.82, 2.24) is 14.8 Å². The predicted molar refractivity (Wildman–Crippen MR) is 160 cm³/mol. The van der Waals surface area contributed by atoms with Crippen LogP contribution >= 0.6 is 0 Å². The highest BCUT2D eigenvalue weighted by Crippen LogP contribution is 2.47. The molecule has 0 bridgehead atoms. The highest BCUT2D eigenvalue weighted by molar-refractivity contribution is 5.97. The number of para-hydroxylation sites is 1. The molecule has 2 atom stereocenters. The van der Waals surface area contributed by atoms with E-state index in [0.29, 0.717) is 48.1 Å². The van der Waals surface area contributed by atoms with Crippen LogP contribution in [0, 0.1) is 0 Å². The Morgan fingerprint density at radius 2 is 1.51 bits per heavy atom. The lowest BCUT2D eigenvalue weighted by atomic mass is 9.86. The topological polar surface area (TPSA) is 103 Å². The van der Waals surface area contributed by atoms with Gasteiger partial charge in [0.25, 0.3) is 0 Å². The van der Waals surface area contributed by atoms with Crippen LogP contribution in [0.3, 0.4) is 0 Å². The van der Waals surface area contributed by atoms with Gasteiger partial charge in [-0.1, -0.05) is 24.3 Å². The molecule has 1 aromatic heterocycles. The van der Waals surface area contributed by atoms with Crippen LogP contribution in [-0.4, -0.2) is 81.3 Å². The standard InChI is InChI=1S/C33H35N3O7/c1-39-25-11-10-19(14-26(25)40-2)12-13-35-18-29(37)36-24(33(35)38)17-22-21-8-6-7-9-23(21)34-30(22)31(36)20-15-27(41-3)32(43-5)28(16-20)42-4/h6-11,14-16,24,31,34H,12-13,17-18H2,1-5H3/t24-,31-/m0/s1. The number of piperazine rings is 1. The molecule has 0 aliphatic carbocycles. The molecular weight excluding hydrogens is 550 g/mol. The van der Waals surface area contributed by atoms with Gasteiger partial charge in [0.2, 0.25) is 17.6 Å². The van der Waals surface area contributed by atoms with Crippen molar-refractivity contribution in [2.24, 2.45) is 0 Å². The highest BCUT2D eigenvalue weighted by atomic mass is 16.5. The number of hydrogen-bond acceptors (Lipinski definition) is 7. The van der Waals surface area contributed by atoms with Crippen LogP contribution in [-0.2, 0) is 22.4 Å². The van der Waals surface area contributed by atoms with Gasteiger partial charge in [0.05, 0.1) is 48.1 Å². The predicted octanol–water partition coefficient (Wildman–Crippen LogP) is 4.14. The Morgan fingerprint density at radius 3 is 2.19 bits per heavy atom. The molecule has 0 radical (unpaired) electrons. The van der Waals surface area contributed by atoms with Crippen LogP contribution < -0.4 is 23.7 Å². The highest BCUT2D eigenvalue weighted by Gasteiger charge is 2.48. The number of rotatable bonds is 9. The molecule has 2 aliphatic rings. The molecule has 3 heterocycles. The third kappa shape index (κ3) is 4.76. The summed E-state index contributed by atoms with van der Waals surface area (Å²) < 4.78 is 27.7. The van der Waals surface area contributed by atoms with Crippen LogP contribution in [0.4, 0.5) is 0 Å². The quantitative estimate of drug-likeness (QED) is 0.315. The molecule has 2 aliphatic heterocycles. The van der Waals surface area contributed by atoms with Crippen molar-refractivity contribution in [3.63, 3.8) is 0 Å². The van der Waals surface area contributed by atoms with Crippen molar-refractivity contribution in [3.05, 3.63) is 77.0 Å². The van der Waals surface area contributed by atoms with Crippen LogP contribution in [0.2, 0.25) is 0 Å². The lowest BCUT2D eigenvalue weighted by Gasteiger charge is -2.47. The zero-order chi connectivity index (χ0) is 30.2. The van der Waals surface area contributed by atoms with Crippen LogP contribution in [0.5, 0.6) is 28.7 Å². The maximum Gasteiger partial charge on any atom is 0.246 e. The van der Waals surface area contributed by atoms with E-state index in [1.165, 1.54) is 0 Å². The number of methoxy groups -OCH3 is 5. The Bertz CT molecular complexity index is 1670. The van der Waals surface area contributed by atoms with Gasteiger partial charge in [0.1, 0.15) is 6.04 Å². The number of aromatic nitrogens is 1. The van der Waals surface area contributed by atoms with E-state index in [1.54, 1.807) is 45.3 Å². The van der Waals surface area contributed by atoms with E-state index in [2.05, 4.69) is 11.1 Å². The van der Waals surface area contributed by atoms with Crippen LogP contribution in [0.15, 0.2) is 54.6 Å². The van der Waals surface area contributed by atoms with E-state index in [1.807, 2.05) is 48.5 Å². The number of nitrogens with zero attached hydrogens (tertiary/aromatic N) is 2. The first-order chi connectivity index (χ1) is 20.9. The number of ether oxygens (including phenoxy) is 5. The molecule has 3 aromatic carbocycles. The number of carbonyl (C=O) groups excluding carboxylic acids is 2. The maximum absolute atomic E-state index is 14.1. The van der Waals surface area contributed by atoms with E-state index >= 15 is 0 Å². The van der Waals surface area contributed by atoms with E-state index in [9.17, 15) is 9.59 Å². The third-order valence-corrected chi connectivity index (χ3v) is 8.46. The SMILES string of the molecule is COc1ccc(CCN2CC(=O)N3[C@@H](c4cc(OC)c(OC)c(OC)c4)c4[nH]c5ccccc5c4C[C@H]3C2=O)cc1OC. The first-order valence-corrected chi connectivity index (χ1v) is 14.1. The van der Waals surface area contributed by atoms with Crippen molar-refractivity contribution >= 4 is 22.7 Å². The Hall–Kier alpha value is -4.86. The molecule has 2 amide bonds. The molecule has 1 N–H and O–H groups in total. The molecule has 4 aromatic rings. The van der Waals surface area contributed by atoms with Gasteiger partial charge in [-0.2, -0.15) is 0 Å². The van der Waals surface area contributed by atoms with Gasteiger partial charge in [-0.15, -0.1) is 0 Å². The molecule has 43 heavy (non-hydrogen) atoms. The zero-order valence-electron chi connectivity index (χ0n) is 24.9. The average molecular weight is 586 g/mol. The monoisotopic (exact) mass is 585 g/mol. The summed E-state index contributed by atoms with van der Waals surface area (Å²) in [5.41, 5.74) is 4.60. The van der Waals surface area contributed by atoms with Crippen molar-refractivity contribution in [1.29, 1.82) is 0 Å². The molecule has 6 rings (SSSR count). The number of benzene rings is 3. The Kier molecular flexibility index (Phi) is 7.52. The number of nitrogens with one attached hydrogen (secondary N) is 1. The summed E-state index contributed by atoms with van der Waals surface area (Å²) in [5.74, 6) is 2.47. The minimum Gasteiger partial charge on any atom is -0.493 e. The van der Waals surface area contributed by atoms with Crippen molar-refractivity contribution in [2.45, 2.75) is 24.9 Å². The van der Waals surface area contributed by atoms with Gasteiger partial charge < -0.3 is 38.5 Å². The summed E-state index contributed by atoms with van der Waals surface area (Å²) in [4.78, 5) is 35.1. The van der Waals surface area contributed by atoms with Crippen LogP contribution in [0.1, 0.15) is 28.4 Å². The Morgan fingerprint density at radius 1 is 0.814 bits per heavy atom. The first kappa shape index (κ1) is 28.3. The normalized spacial score (nSPS) is 17.9. The van der Waals surface area contributed by atoms with Gasteiger partial charge in [-0.25, -0.2) is 0 Å². The third-order valence-electron chi connectivity index (χ3n) is 8.46. The maximum atomic E-state index is 14.1. The van der Waals surface area contributed by atoms with Gasteiger partial charge >= 0.3 is 0 Å². The minimum absolute atomic E-state index is 0.0148. The minimum atomic E-state index is -0.664. The summed E-state index contributed by atoms with van der Waals surface area (Å²) in [6.07, 6.45) is 0.985. The largest absolute Gasteiger partial charge is 0.493 e. The van der Waals surface area contributed by atoms with Gasteiger partial charge in [-0.3, -0.25) is 9.59 Å². The second-order valence-corrected chi connectivity index (χ2v) is 10.6. The van der Waals surface area contributed by atoms with E-state index in [4.69, 9.17) is 23.7 Å². The fourth-order valence-electron chi connectivity index (χ4n) is 6.42. The van der Waals surface area contributed by atoms with Crippen molar-refractivity contribution in [3.8, 4) is 28.7 Å². The Labute approximate surface area is 250 Å². The number of hydrogen-bond donors (Lipinski definition) is 1. The average Bonchev–Trinajstić information content (AvgIpc) is 3.42.